The molecule has 1 heterocycles. The maximum absolute atomic E-state index is 12.4. The fraction of sp³-hybridized carbons (Fsp3) is 0.467. The van der Waals surface area contributed by atoms with Gasteiger partial charge in [0.05, 0.1) is 18.0 Å². The summed E-state index contributed by atoms with van der Waals surface area (Å²) in [4.78, 5) is 0.254. The topological polar surface area (TPSA) is 81.4 Å². The molecule has 0 spiro atoms. The Morgan fingerprint density at radius 2 is 2.29 bits per heavy atom. The lowest BCUT2D eigenvalue weighted by molar-refractivity contribution is 0.0774. The van der Waals surface area contributed by atoms with Crippen molar-refractivity contribution in [3.05, 3.63) is 29.3 Å². The van der Waals surface area contributed by atoms with E-state index in [0.717, 1.165) is 24.0 Å². The number of benzene rings is 1. The molecule has 1 saturated heterocycles. The molecule has 2 rings (SSSR count). The van der Waals surface area contributed by atoms with Gasteiger partial charge in [-0.3, -0.25) is 0 Å². The lowest BCUT2D eigenvalue weighted by Gasteiger charge is -2.23. The fourth-order valence-corrected chi connectivity index (χ4v) is 3.55. The Morgan fingerprint density at radius 1 is 1.48 bits per heavy atom. The van der Waals surface area contributed by atoms with Crippen LogP contribution in [0.2, 0.25) is 0 Å². The van der Waals surface area contributed by atoms with Gasteiger partial charge in [0.25, 0.3) is 0 Å². The monoisotopic (exact) mass is 308 g/mol. The molecule has 0 aromatic heterocycles. The van der Waals surface area contributed by atoms with Crippen LogP contribution >= 0.6 is 0 Å². The van der Waals surface area contributed by atoms with E-state index in [4.69, 9.17) is 10.5 Å². The van der Waals surface area contributed by atoms with E-state index in [1.807, 2.05) is 6.92 Å². The molecule has 1 unspecified atom stereocenters. The molecule has 0 saturated carbocycles. The van der Waals surface area contributed by atoms with Crippen molar-refractivity contribution in [2.75, 3.05) is 19.8 Å². The molecule has 1 aromatic carbocycles. The maximum Gasteiger partial charge on any atom is 0.240 e. The van der Waals surface area contributed by atoms with Crippen LogP contribution in [-0.2, 0) is 14.8 Å². The van der Waals surface area contributed by atoms with Gasteiger partial charge in [-0.25, -0.2) is 13.1 Å². The second kappa shape index (κ2) is 7.05. The van der Waals surface area contributed by atoms with Gasteiger partial charge in [0.2, 0.25) is 10.0 Å². The van der Waals surface area contributed by atoms with E-state index < -0.39 is 10.0 Å². The highest BCUT2D eigenvalue weighted by atomic mass is 32.2. The summed E-state index contributed by atoms with van der Waals surface area (Å²) in [5, 5.41) is 0. The van der Waals surface area contributed by atoms with E-state index in [0.29, 0.717) is 13.2 Å². The van der Waals surface area contributed by atoms with E-state index >= 15 is 0 Å². The first-order valence-corrected chi connectivity index (χ1v) is 8.41. The number of sulfonamides is 1. The van der Waals surface area contributed by atoms with E-state index in [2.05, 4.69) is 16.6 Å². The number of hydrogen-bond donors (Lipinski definition) is 2. The Bertz CT molecular complexity index is 653. The van der Waals surface area contributed by atoms with Crippen LogP contribution in [0, 0.1) is 18.8 Å². The van der Waals surface area contributed by atoms with Gasteiger partial charge in [-0.1, -0.05) is 11.8 Å². The molecular formula is C15H20N2O3S. The zero-order valence-corrected chi connectivity index (χ0v) is 12.9. The molecule has 1 atom stereocenters. The normalized spacial score (nSPS) is 18.9. The Morgan fingerprint density at radius 3 is 2.90 bits per heavy atom. The van der Waals surface area contributed by atoms with Crippen LogP contribution in [0.5, 0.6) is 0 Å². The Kier molecular flexibility index (Phi) is 5.37. The first-order chi connectivity index (χ1) is 10.0. The van der Waals surface area contributed by atoms with Crippen LogP contribution < -0.4 is 10.5 Å². The molecular weight excluding hydrogens is 288 g/mol. The minimum atomic E-state index is -3.52. The molecule has 1 aliphatic rings. The lowest BCUT2D eigenvalue weighted by Crippen LogP contribution is -2.40. The van der Waals surface area contributed by atoms with Gasteiger partial charge >= 0.3 is 0 Å². The Hall–Kier alpha value is -1.39. The van der Waals surface area contributed by atoms with Crippen LogP contribution in [0.15, 0.2) is 23.1 Å². The van der Waals surface area contributed by atoms with Crippen molar-refractivity contribution in [2.24, 2.45) is 5.73 Å². The van der Waals surface area contributed by atoms with Crippen LogP contribution in [-0.4, -0.2) is 34.2 Å². The Balaban J connectivity index is 2.18. The molecule has 1 fully saturated rings. The van der Waals surface area contributed by atoms with Crippen molar-refractivity contribution in [3.63, 3.8) is 0 Å². The molecule has 1 aliphatic heterocycles. The summed E-state index contributed by atoms with van der Waals surface area (Å²) in [6.07, 6.45) is 1.68. The van der Waals surface area contributed by atoms with Gasteiger partial charge in [0, 0.05) is 18.2 Å². The van der Waals surface area contributed by atoms with Gasteiger partial charge in [-0.15, -0.1) is 0 Å². The van der Waals surface area contributed by atoms with Gasteiger partial charge in [0.15, 0.2) is 0 Å². The third-order valence-electron chi connectivity index (χ3n) is 3.32. The number of nitrogens with two attached hydrogens (primary N) is 1. The van der Waals surface area contributed by atoms with Crippen LogP contribution in [0.4, 0.5) is 0 Å². The summed E-state index contributed by atoms with van der Waals surface area (Å²) in [5.74, 6) is 5.69. The first kappa shape index (κ1) is 16.0. The summed E-state index contributed by atoms with van der Waals surface area (Å²) in [7, 11) is -3.52. The zero-order chi connectivity index (χ0) is 15.3. The van der Waals surface area contributed by atoms with E-state index in [-0.39, 0.29) is 17.5 Å². The highest BCUT2D eigenvalue weighted by Gasteiger charge is 2.22. The third kappa shape index (κ3) is 4.29. The molecule has 114 valence electrons. The largest absolute Gasteiger partial charge is 0.380 e. The minimum Gasteiger partial charge on any atom is -0.380 e. The summed E-state index contributed by atoms with van der Waals surface area (Å²) in [6.45, 7) is 3.25. The second-order valence-corrected chi connectivity index (χ2v) is 6.73. The standard InChI is InChI=1S/C15H20N2O3S/c1-12-10-15(7-6-13(12)4-2-8-16)21(18,19)17-14-5-3-9-20-11-14/h6-7,10,14,17H,3,5,8-9,11,16H2,1H3. The summed E-state index contributed by atoms with van der Waals surface area (Å²) in [6, 6.07) is 4.76. The lowest BCUT2D eigenvalue weighted by atomic mass is 10.1. The predicted octanol–water partition coefficient (Wildman–Crippen LogP) is 0.763. The van der Waals surface area contributed by atoms with Crippen molar-refractivity contribution in [2.45, 2.75) is 30.7 Å². The smallest absolute Gasteiger partial charge is 0.240 e. The molecule has 6 heteroatoms. The molecule has 0 bridgehead atoms. The highest BCUT2D eigenvalue weighted by molar-refractivity contribution is 7.89. The summed E-state index contributed by atoms with van der Waals surface area (Å²) >= 11 is 0. The quantitative estimate of drug-likeness (QED) is 0.808. The van der Waals surface area contributed by atoms with Gasteiger partial charge in [-0.2, -0.15) is 0 Å². The SMILES string of the molecule is Cc1cc(S(=O)(=O)NC2CCCOC2)ccc1C#CCN. The number of nitrogens with one attached hydrogen (secondary N) is 1. The summed E-state index contributed by atoms with van der Waals surface area (Å²) < 4.78 is 32.7. The van der Waals surface area contributed by atoms with Crippen molar-refractivity contribution >= 4 is 10.0 Å². The van der Waals surface area contributed by atoms with E-state index in [9.17, 15) is 8.42 Å². The van der Waals surface area contributed by atoms with Crippen LogP contribution in [0.1, 0.15) is 24.0 Å². The average Bonchev–Trinajstić information content (AvgIpc) is 2.46. The first-order valence-electron chi connectivity index (χ1n) is 6.92. The molecule has 1 aromatic rings. The molecule has 0 amide bonds. The number of rotatable bonds is 3. The van der Waals surface area contributed by atoms with Gasteiger partial charge in [0.1, 0.15) is 0 Å². The predicted molar refractivity (Wildman–Crippen MR) is 81.3 cm³/mol. The molecule has 5 nitrogen and oxygen atoms in total. The van der Waals surface area contributed by atoms with Gasteiger partial charge < -0.3 is 10.5 Å². The van der Waals surface area contributed by atoms with Crippen LogP contribution in [0.25, 0.3) is 0 Å². The molecule has 0 radical (unpaired) electrons. The minimum absolute atomic E-state index is 0.152. The van der Waals surface area contributed by atoms with E-state index in [1.54, 1.807) is 18.2 Å². The highest BCUT2D eigenvalue weighted by Crippen LogP contribution is 2.16. The molecule has 21 heavy (non-hydrogen) atoms. The summed E-state index contributed by atoms with van der Waals surface area (Å²) in [5.41, 5.74) is 6.95. The number of hydrogen-bond acceptors (Lipinski definition) is 4. The number of aryl methyl sites for hydroxylation is 1. The van der Waals surface area contributed by atoms with Crippen molar-refractivity contribution in [1.82, 2.24) is 4.72 Å². The fourth-order valence-electron chi connectivity index (χ4n) is 2.21. The van der Waals surface area contributed by atoms with E-state index in [1.165, 1.54) is 0 Å². The van der Waals surface area contributed by atoms with Crippen molar-refractivity contribution in [1.29, 1.82) is 0 Å². The van der Waals surface area contributed by atoms with Crippen molar-refractivity contribution < 1.29 is 13.2 Å². The Labute approximate surface area is 125 Å². The molecule has 3 N–H and O–H groups in total. The molecule has 0 aliphatic carbocycles. The zero-order valence-electron chi connectivity index (χ0n) is 12.1. The average molecular weight is 308 g/mol. The van der Waals surface area contributed by atoms with Gasteiger partial charge in [-0.05, 0) is 43.5 Å². The van der Waals surface area contributed by atoms with Crippen molar-refractivity contribution in [3.8, 4) is 11.8 Å². The third-order valence-corrected chi connectivity index (χ3v) is 4.83. The maximum atomic E-state index is 12.4. The second-order valence-electron chi connectivity index (χ2n) is 5.02. The van der Waals surface area contributed by atoms with Crippen LogP contribution in [0.3, 0.4) is 0 Å². The number of ether oxygens (including phenoxy) is 1.